The number of para-hydroxylation sites is 1. The number of nitrogens with one attached hydrogen (secondary N) is 1. The highest BCUT2D eigenvalue weighted by Crippen LogP contribution is 2.33. The minimum absolute atomic E-state index is 0.0585. The zero-order chi connectivity index (χ0) is 14.6. The number of hydrogen-bond acceptors (Lipinski definition) is 4. The summed E-state index contributed by atoms with van der Waals surface area (Å²) in [7, 11) is 0. The van der Waals surface area contributed by atoms with E-state index in [1.165, 1.54) is 0 Å². The zero-order valence-corrected chi connectivity index (χ0v) is 11.8. The van der Waals surface area contributed by atoms with Crippen molar-refractivity contribution in [3.8, 4) is 5.75 Å². The molecule has 0 saturated heterocycles. The van der Waals surface area contributed by atoms with Crippen LogP contribution in [0.1, 0.15) is 31.7 Å². The summed E-state index contributed by atoms with van der Waals surface area (Å²) in [5.41, 5.74) is 5.63. The molecule has 5 heteroatoms. The van der Waals surface area contributed by atoms with E-state index in [4.69, 9.17) is 10.5 Å². The van der Waals surface area contributed by atoms with Crippen molar-refractivity contribution in [2.45, 2.75) is 44.4 Å². The maximum Gasteiger partial charge on any atom is 0.237 e. The van der Waals surface area contributed by atoms with Gasteiger partial charge in [0.1, 0.15) is 17.4 Å². The quantitative estimate of drug-likeness (QED) is 0.723. The van der Waals surface area contributed by atoms with Crippen molar-refractivity contribution in [3.63, 3.8) is 0 Å². The van der Waals surface area contributed by atoms with Gasteiger partial charge in [0.05, 0.1) is 6.61 Å². The van der Waals surface area contributed by atoms with E-state index in [2.05, 4.69) is 5.32 Å². The van der Waals surface area contributed by atoms with Crippen molar-refractivity contribution in [3.05, 3.63) is 29.8 Å². The van der Waals surface area contributed by atoms with E-state index >= 15 is 0 Å². The van der Waals surface area contributed by atoms with Crippen molar-refractivity contribution in [2.75, 3.05) is 6.54 Å². The van der Waals surface area contributed by atoms with E-state index in [0.29, 0.717) is 25.1 Å². The first-order valence-corrected chi connectivity index (χ1v) is 7.01. The number of carbonyl (C=O) groups is 1. The van der Waals surface area contributed by atoms with Gasteiger partial charge in [0, 0.05) is 12.0 Å². The Bertz CT molecular complexity index is 478. The number of hydrogen-bond donors (Lipinski definition) is 3. The van der Waals surface area contributed by atoms with Gasteiger partial charge in [-0.3, -0.25) is 4.79 Å². The van der Waals surface area contributed by atoms with Gasteiger partial charge in [-0.25, -0.2) is 0 Å². The van der Waals surface area contributed by atoms with Crippen LogP contribution in [-0.2, 0) is 11.4 Å². The van der Waals surface area contributed by atoms with Crippen LogP contribution >= 0.6 is 0 Å². The van der Waals surface area contributed by atoms with Gasteiger partial charge in [0.25, 0.3) is 0 Å². The fourth-order valence-corrected chi connectivity index (χ4v) is 2.84. The predicted octanol–water partition coefficient (Wildman–Crippen LogP) is 0.944. The minimum atomic E-state index is -0.659. The van der Waals surface area contributed by atoms with E-state index in [1.807, 2.05) is 31.2 Å². The zero-order valence-electron chi connectivity index (χ0n) is 11.8. The van der Waals surface area contributed by atoms with Crippen LogP contribution in [0.25, 0.3) is 0 Å². The number of likely N-dealkylation sites (N-methyl/N-ethyl adjacent to an activating group) is 1. The molecule has 2 atom stereocenters. The van der Waals surface area contributed by atoms with Gasteiger partial charge >= 0.3 is 0 Å². The van der Waals surface area contributed by atoms with Gasteiger partial charge in [-0.1, -0.05) is 25.1 Å². The second-order valence-electron chi connectivity index (χ2n) is 5.23. The van der Waals surface area contributed by atoms with Gasteiger partial charge in [0.2, 0.25) is 5.91 Å². The maximum atomic E-state index is 11.7. The number of nitrogens with two attached hydrogens (primary N) is 1. The average Bonchev–Trinajstić information content (AvgIpc) is 2.84. The molecule has 1 amide bonds. The Balaban J connectivity index is 2.07. The first-order chi connectivity index (χ1) is 9.61. The molecule has 1 aliphatic rings. The second kappa shape index (κ2) is 6.24. The number of carbonyl (C=O) groups excluding carboxylic acids is 1. The highest BCUT2D eigenvalue weighted by atomic mass is 16.5. The molecule has 0 aromatic heterocycles. The fraction of sp³-hybridized carbons (Fsp3) is 0.533. The summed E-state index contributed by atoms with van der Waals surface area (Å²) >= 11 is 0. The normalized spacial score (nSPS) is 25.6. The van der Waals surface area contributed by atoms with Crippen LogP contribution in [-0.4, -0.2) is 29.2 Å². The maximum absolute atomic E-state index is 11.7. The molecule has 0 radical (unpaired) electrons. The summed E-state index contributed by atoms with van der Waals surface area (Å²) in [6.07, 6.45) is 1.96. The van der Waals surface area contributed by atoms with Crippen LogP contribution in [0.3, 0.4) is 0 Å². The molecule has 1 aromatic rings. The molecule has 0 aliphatic heterocycles. The van der Waals surface area contributed by atoms with Gasteiger partial charge in [0.15, 0.2) is 0 Å². The molecule has 110 valence electrons. The van der Waals surface area contributed by atoms with E-state index in [1.54, 1.807) is 0 Å². The van der Waals surface area contributed by atoms with E-state index in [-0.39, 0.29) is 18.6 Å². The molecule has 0 bridgehead atoms. The smallest absolute Gasteiger partial charge is 0.237 e. The second-order valence-corrected chi connectivity index (χ2v) is 5.23. The molecule has 1 saturated carbocycles. The third-order valence-electron chi connectivity index (χ3n) is 3.89. The molecule has 4 N–H and O–H groups in total. The standard InChI is InChI=1S/C15H22N2O3/c1-2-17-15(14(16)19)8-7-12(9-15)20-13-6-4-3-5-11(13)10-18/h3-6,12,17-18H,2,7-10H2,1H3,(H2,16,19). The summed E-state index contributed by atoms with van der Waals surface area (Å²) in [6.45, 7) is 2.60. The minimum Gasteiger partial charge on any atom is -0.490 e. The lowest BCUT2D eigenvalue weighted by Crippen LogP contribution is -2.54. The molecule has 0 heterocycles. The monoisotopic (exact) mass is 278 g/mol. The van der Waals surface area contributed by atoms with Crippen LogP contribution in [0.15, 0.2) is 24.3 Å². The first kappa shape index (κ1) is 14.8. The van der Waals surface area contributed by atoms with Crippen molar-refractivity contribution >= 4 is 5.91 Å². The van der Waals surface area contributed by atoms with Gasteiger partial charge in [-0.05, 0) is 25.5 Å². The molecule has 2 unspecified atom stereocenters. The molecule has 1 aliphatic carbocycles. The lowest BCUT2D eigenvalue weighted by atomic mass is 9.96. The Morgan fingerprint density at radius 2 is 2.30 bits per heavy atom. The number of amides is 1. The number of primary amides is 1. The van der Waals surface area contributed by atoms with Crippen LogP contribution in [0.5, 0.6) is 5.75 Å². The molecular weight excluding hydrogens is 256 g/mol. The highest BCUT2D eigenvalue weighted by Gasteiger charge is 2.44. The SMILES string of the molecule is CCNC1(C(N)=O)CCC(Oc2ccccc2CO)C1. The molecular formula is C15H22N2O3. The molecule has 20 heavy (non-hydrogen) atoms. The summed E-state index contributed by atoms with van der Waals surface area (Å²) in [6, 6.07) is 7.40. The largest absolute Gasteiger partial charge is 0.490 e. The highest BCUT2D eigenvalue weighted by molar-refractivity contribution is 5.85. The summed E-state index contributed by atoms with van der Waals surface area (Å²) in [5.74, 6) is 0.359. The number of ether oxygens (including phenoxy) is 1. The first-order valence-electron chi connectivity index (χ1n) is 7.01. The van der Waals surface area contributed by atoms with Crippen LogP contribution < -0.4 is 15.8 Å². The van der Waals surface area contributed by atoms with Crippen molar-refractivity contribution < 1.29 is 14.6 Å². The number of aliphatic hydroxyl groups excluding tert-OH is 1. The Morgan fingerprint density at radius 3 is 2.95 bits per heavy atom. The lowest BCUT2D eigenvalue weighted by molar-refractivity contribution is -0.124. The van der Waals surface area contributed by atoms with Gasteiger partial charge in [-0.2, -0.15) is 0 Å². The third-order valence-corrected chi connectivity index (χ3v) is 3.89. The molecule has 2 rings (SSSR count). The number of benzene rings is 1. The topological polar surface area (TPSA) is 84.6 Å². The summed E-state index contributed by atoms with van der Waals surface area (Å²) < 4.78 is 5.94. The third kappa shape index (κ3) is 2.94. The van der Waals surface area contributed by atoms with Gasteiger partial charge < -0.3 is 20.9 Å². The lowest BCUT2D eigenvalue weighted by Gasteiger charge is -2.26. The number of rotatable bonds is 6. The molecule has 1 aromatic carbocycles. The predicted molar refractivity (Wildman–Crippen MR) is 76.2 cm³/mol. The Morgan fingerprint density at radius 1 is 1.55 bits per heavy atom. The fourth-order valence-electron chi connectivity index (χ4n) is 2.84. The number of aliphatic hydroxyl groups is 1. The van der Waals surface area contributed by atoms with E-state index < -0.39 is 5.54 Å². The molecule has 1 fully saturated rings. The van der Waals surface area contributed by atoms with E-state index in [9.17, 15) is 9.90 Å². The summed E-state index contributed by atoms with van der Waals surface area (Å²) in [5, 5.41) is 12.5. The molecule has 5 nitrogen and oxygen atoms in total. The average molecular weight is 278 g/mol. The van der Waals surface area contributed by atoms with Gasteiger partial charge in [-0.15, -0.1) is 0 Å². The van der Waals surface area contributed by atoms with Crippen molar-refractivity contribution in [1.29, 1.82) is 0 Å². The summed E-state index contributed by atoms with van der Waals surface area (Å²) in [4.78, 5) is 11.7. The Labute approximate surface area is 119 Å². The Hall–Kier alpha value is -1.59. The van der Waals surface area contributed by atoms with Crippen LogP contribution in [0, 0.1) is 0 Å². The molecule has 0 spiro atoms. The van der Waals surface area contributed by atoms with Crippen LogP contribution in [0.4, 0.5) is 0 Å². The Kier molecular flexibility index (Phi) is 4.62. The van der Waals surface area contributed by atoms with Crippen molar-refractivity contribution in [1.82, 2.24) is 5.32 Å². The van der Waals surface area contributed by atoms with Crippen LogP contribution in [0.2, 0.25) is 0 Å². The van der Waals surface area contributed by atoms with Crippen molar-refractivity contribution in [2.24, 2.45) is 5.73 Å². The van der Waals surface area contributed by atoms with E-state index in [0.717, 1.165) is 12.0 Å².